The highest BCUT2D eigenvalue weighted by Crippen LogP contribution is 2.40. The van der Waals surface area contributed by atoms with E-state index in [2.05, 4.69) is 26.2 Å². The monoisotopic (exact) mass is 394 g/mol. The minimum Gasteiger partial charge on any atom is -0.508 e. The fourth-order valence-corrected chi connectivity index (χ4v) is 3.40. The standard InChI is InChI=1S/C20H15BrN2O2/c21-13-4-6-14(7-5-13)22-23-18-8-9-20(25)17-11-15-12(10-16(17)18)2-1-3-19(15)24/h1-9,24-25H,10-11H2. The summed E-state index contributed by atoms with van der Waals surface area (Å²) < 4.78 is 0.991. The molecule has 124 valence electrons. The molecule has 0 saturated heterocycles. The van der Waals surface area contributed by atoms with E-state index in [0.29, 0.717) is 12.8 Å². The van der Waals surface area contributed by atoms with Gasteiger partial charge in [0.2, 0.25) is 0 Å². The first-order valence-corrected chi connectivity index (χ1v) is 8.72. The molecule has 0 atom stereocenters. The Balaban J connectivity index is 1.74. The van der Waals surface area contributed by atoms with Crippen molar-refractivity contribution in [1.29, 1.82) is 0 Å². The summed E-state index contributed by atoms with van der Waals surface area (Å²) in [6, 6.07) is 16.5. The predicted octanol–water partition coefficient (Wildman–Crippen LogP) is 5.77. The maximum Gasteiger partial charge on any atom is 0.119 e. The molecule has 5 heteroatoms. The molecule has 1 aliphatic rings. The molecule has 0 bridgehead atoms. The van der Waals surface area contributed by atoms with Gasteiger partial charge in [0.15, 0.2) is 0 Å². The van der Waals surface area contributed by atoms with Crippen molar-refractivity contribution in [3.05, 3.63) is 81.3 Å². The Labute approximate surface area is 153 Å². The number of halogens is 1. The minimum absolute atomic E-state index is 0.228. The van der Waals surface area contributed by atoms with Gasteiger partial charge in [0.1, 0.15) is 11.5 Å². The number of hydrogen-bond acceptors (Lipinski definition) is 4. The van der Waals surface area contributed by atoms with E-state index in [-0.39, 0.29) is 11.5 Å². The van der Waals surface area contributed by atoms with E-state index < -0.39 is 0 Å². The molecular weight excluding hydrogens is 380 g/mol. The topological polar surface area (TPSA) is 65.2 Å². The average molecular weight is 395 g/mol. The van der Waals surface area contributed by atoms with Crippen molar-refractivity contribution in [3.8, 4) is 11.5 Å². The van der Waals surface area contributed by atoms with Crippen molar-refractivity contribution < 1.29 is 10.2 Å². The van der Waals surface area contributed by atoms with Crippen molar-refractivity contribution in [1.82, 2.24) is 0 Å². The van der Waals surface area contributed by atoms with E-state index in [1.54, 1.807) is 18.2 Å². The van der Waals surface area contributed by atoms with E-state index >= 15 is 0 Å². The van der Waals surface area contributed by atoms with Crippen LogP contribution in [0.2, 0.25) is 0 Å². The van der Waals surface area contributed by atoms with Gasteiger partial charge < -0.3 is 10.2 Å². The van der Waals surface area contributed by atoms with Gasteiger partial charge in [-0.2, -0.15) is 10.2 Å². The van der Waals surface area contributed by atoms with Gasteiger partial charge in [-0.1, -0.05) is 28.1 Å². The molecule has 3 aromatic carbocycles. The van der Waals surface area contributed by atoms with Crippen molar-refractivity contribution in [2.24, 2.45) is 10.2 Å². The highest BCUT2D eigenvalue weighted by molar-refractivity contribution is 9.10. The SMILES string of the molecule is Oc1cccc2c1Cc1c(O)ccc(N=Nc3ccc(Br)cc3)c1C2. The largest absolute Gasteiger partial charge is 0.508 e. The van der Waals surface area contributed by atoms with Crippen LogP contribution in [0.4, 0.5) is 11.4 Å². The van der Waals surface area contributed by atoms with Gasteiger partial charge in [-0.3, -0.25) is 0 Å². The van der Waals surface area contributed by atoms with Gasteiger partial charge in [0.05, 0.1) is 11.4 Å². The van der Waals surface area contributed by atoms with Crippen LogP contribution < -0.4 is 0 Å². The maximum absolute atomic E-state index is 10.3. The van der Waals surface area contributed by atoms with Crippen LogP contribution >= 0.6 is 15.9 Å². The first kappa shape index (κ1) is 15.8. The molecule has 4 nitrogen and oxygen atoms in total. The number of aromatic hydroxyl groups is 2. The third-order valence-corrected chi connectivity index (χ3v) is 4.98. The Morgan fingerprint density at radius 1 is 0.720 bits per heavy atom. The molecule has 0 aliphatic heterocycles. The van der Waals surface area contributed by atoms with E-state index in [0.717, 1.165) is 38.1 Å². The lowest BCUT2D eigenvalue weighted by atomic mass is 9.84. The highest BCUT2D eigenvalue weighted by atomic mass is 79.9. The van der Waals surface area contributed by atoms with Crippen molar-refractivity contribution in [3.63, 3.8) is 0 Å². The lowest BCUT2D eigenvalue weighted by Crippen LogP contribution is -2.08. The molecule has 1 aliphatic carbocycles. The molecule has 3 aromatic rings. The van der Waals surface area contributed by atoms with Crippen LogP contribution in [-0.4, -0.2) is 10.2 Å². The molecule has 0 fully saturated rings. The number of benzene rings is 3. The van der Waals surface area contributed by atoms with Gasteiger partial charge in [-0.25, -0.2) is 0 Å². The van der Waals surface area contributed by atoms with Crippen LogP contribution in [0.25, 0.3) is 0 Å². The minimum atomic E-state index is 0.228. The Kier molecular flexibility index (Phi) is 4.01. The Morgan fingerprint density at radius 3 is 2.28 bits per heavy atom. The number of hydrogen-bond donors (Lipinski definition) is 2. The molecule has 0 heterocycles. The maximum atomic E-state index is 10.3. The lowest BCUT2D eigenvalue weighted by molar-refractivity contribution is 0.460. The highest BCUT2D eigenvalue weighted by Gasteiger charge is 2.23. The second kappa shape index (κ2) is 6.33. The number of fused-ring (bicyclic) bond motifs is 2. The zero-order chi connectivity index (χ0) is 17.4. The van der Waals surface area contributed by atoms with Gasteiger partial charge in [-0.15, -0.1) is 0 Å². The molecule has 0 amide bonds. The van der Waals surface area contributed by atoms with Crippen LogP contribution in [0.5, 0.6) is 11.5 Å². The zero-order valence-corrected chi connectivity index (χ0v) is 14.9. The van der Waals surface area contributed by atoms with Crippen molar-refractivity contribution in [2.45, 2.75) is 12.8 Å². The summed E-state index contributed by atoms with van der Waals surface area (Å²) in [4.78, 5) is 0. The second-order valence-corrected chi connectivity index (χ2v) is 6.92. The molecular formula is C20H15BrN2O2. The van der Waals surface area contributed by atoms with Crippen molar-refractivity contribution in [2.75, 3.05) is 0 Å². The van der Waals surface area contributed by atoms with Crippen LogP contribution in [0.15, 0.2) is 69.3 Å². The molecule has 0 spiro atoms. The molecule has 25 heavy (non-hydrogen) atoms. The summed E-state index contributed by atoms with van der Waals surface area (Å²) in [5, 5.41) is 29.0. The number of azo groups is 1. The predicted molar refractivity (Wildman–Crippen MR) is 100 cm³/mol. The summed E-state index contributed by atoms with van der Waals surface area (Å²) in [7, 11) is 0. The number of nitrogens with zero attached hydrogens (tertiary/aromatic N) is 2. The number of phenolic OH excluding ortho intramolecular Hbond substituents is 2. The summed E-state index contributed by atoms with van der Waals surface area (Å²) >= 11 is 3.40. The van der Waals surface area contributed by atoms with Crippen molar-refractivity contribution >= 4 is 27.3 Å². The smallest absolute Gasteiger partial charge is 0.119 e. The normalized spacial score (nSPS) is 12.8. The molecule has 4 rings (SSSR count). The molecule has 2 N–H and O–H groups in total. The van der Waals surface area contributed by atoms with E-state index in [1.807, 2.05) is 36.4 Å². The third-order valence-electron chi connectivity index (χ3n) is 4.45. The third kappa shape index (κ3) is 3.03. The van der Waals surface area contributed by atoms with E-state index in [1.165, 1.54) is 0 Å². The summed E-state index contributed by atoms with van der Waals surface area (Å²) in [5.41, 5.74) is 5.19. The summed E-state index contributed by atoms with van der Waals surface area (Å²) in [6.45, 7) is 0. The summed E-state index contributed by atoms with van der Waals surface area (Å²) in [5.74, 6) is 0.496. The zero-order valence-electron chi connectivity index (χ0n) is 13.3. The summed E-state index contributed by atoms with van der Waals surface area (Å²) in [6.07, 6.45) is 1.10. The van der Waals surface area contributed by atoms with Gasteiger partial charge in [0, 0.05) is 28.4 Å². The molecule has 0 radical (unpaired) electrons. The van der Waals surface area contributed by atoms with E-state index in [9.17, 15) is 10.2 Å². The van der Waals surface area contributed by atoms with Gasteiger partial charge in [-0.05, 0) is 53.6 Å². The first-order valence-electron chi connectivity index (χ1n) is 7.92. The molecule has 0 unspecified atom stereocenters. The lowest BCUT2D eigenvalue weighted by Gasteiger charge is -2.22. The molecule has 0 saturated carbocycles. The van der Waals surface area contributed by atoms with Crippen LogP contribution in [0.3, 0.4) is 0 Å². The van der Waals surface area contributed by atoms with Gasteiger partial charge >= 0.3 is 0 Å². The Hall–Kier alpha value is -2.66. The van der Waals surface area contributed by atoms with Crippen LogP contribution in [0, 0.1) is 0 Å². The van der Waals surface area contributed by atoms with Crippen LogP contribution in [-0.2, 0) is 12.8 Å². The van der Waals surface area contributed by atoms with Gasteiger partial charge in [0.25, 0.3) is 0 Å². The fraction of sp³-hybridized carbons (Fsp3) is 0.100. The average Bonchev–Trinajstić information content (AvgIpc) is 2.62. The number of phenols is 2. The van der Waals surface area contributed by atoms with E-state index in [4.69, 9.17) is 0 Å². The van der Waals surface area contributed by atoms with Crippen LogP contribution in [0.1, 0.15) is 22.3 Å². The molecule has 0 aromatic heterocycles. The Morgan fingerprint density at radius 2 is 1.48 bits per heavy atom. The quantitative estimate of drug-likeness (QED) is 0.423. The fourth-order valence-electron chi connectivity index (χ4n) is 3.13. The number of rotatable bonds is 2. The first-order chi connectivity index (χ1) is 12.1. The Bertz CT molecular complexity index is 982. The second-order valence-electron chi connectivity index (χ2n) is 6.01.